The molecular formula is C10H12F3N3. The van der Waals surface area contributed by atoms with Crippen LogP contribution in [-0.4, -0.2) is 24.1 Å². The first kappa shape index (κ1) is 11.2. The molecular weight excluding hydrogens is 219 g/mol. The van der Waals surface area contributed by atoms with Crippen molar-refractivity contribution in [2.75, 3.05) is 18.4 Å². The number of rotatable bonds is 2. The molecule has 0 aromatic carbocycles. The molecule has 6 heteroatoms. The molecule has 0 aliphatic carbocycles. The summed E-state index contributed by atoms with van der Waals surface area (Å²) in [6.45, 7) is 1.65. The van der Waals surface area contributed by atoms with Gasteiger partial charge in [0.1, 0.15) is 11.5 Å². The zero-order valence-corrected chi connectivity index (χ0v) is 8.51. The maximum Gasteiger partial charge on any atom is 0.433 e. The molecule has 0 amide bonds. The predicted octanol–water partition coefficient (Wildman–Crippen LogP) is 1.87. The van der Waals surface area contributed by atoms with E-state index in [1.165, 1.54) is 6.07 Å². The zero-order chi connectivity index (χ0) is 11.6. The van der Waals surface area contributed by atoms with E-state index in [4.69, 9.17) is 0 Å². The van der Waals surface area contributed by atoms with Crippen molar-refractivity contribution in [1.29, 1.82) is 0 Å². The molecule has 2 heterocycles. The van der Waals surface area contributed by atoms with Gasteiger partial charge in [0.2, 0.25) is 0 Å². The summed E-state index contributed by atoms with van der Waals surface area (Å²) in [6, 6.07) is 4.04. The number of anilines is 1. The molecule has 0 bridgehead atoms. The van der Waals surface area contributed by atoms with Crippen molar-refractivity contribution in [3.05, 3.63) is 23.9 Å². The summed E-state index contributed by atoms with van der Waals surface area (Å²) < 4.78 is 37.1. The monoisotopic (exact) mass is 231 g/mol. The third-order valence-electron chi connectivity index (χ3n) is 2.45. The quantitative estimate of drug-likeness (QED) is 0.816. The minimum absolute atomic E-state index is 0.163. The number of nitrogens with one attached hydrogen (secondary N) is 2. The Hall–Kier alpha value is -1.30. The van der Waals surface area contributed by atoms with Crippen molar-refractivity contribution >= 4 is 5.82 Å². The van der Waals surface area contributed by atoms with E-state index < -0.39 is 11.9 Å². The van der Waals surface area contributed by atoms with E-state index in [0.717, 1.165) is 25.6 Å². The number of halogens is 3. The highest BCUT2D eigenvalue weighted by Gasteiger charge is 2.32. The van der Waals surface area contributed by atoms with Gasteiger partial charge in [0.25, 0.3) is 0 Å². The summed E-state index contributed by atoms with van der Waals surface area (Å²) in [5, 5.41) is 6.10. The summed E-state index contributed by atoms with van der Waals surface area (Å²) in [5.41, 5.74) is -0.858. The van der Waals surface area contributed by atoms with Gasteiger partial charge in [-0.1, -0.05) is 6.07 Å². The summed E-state index contributed by atoms with van der Waals surface area (Å²) in [6.07, 6.45) is -3.48. The van der Waals surface area contributed by atoms with Crippen LogP contribution in [0.15, 0.2) is 18.2 Å². The van der Waals surface area contributed by atoms with Crippen molar-refractivity contribution in [3.8, 4) is 0 Å². The fourth-order valence-corrected chi connectivity index (χ4v) is 1.66. The minimum Gasteiger partial charge on any atom is -0.366 e. The van der Waals surface area contributed by atoms with Gasteiger partial charge in [0.15, 0.2) is 0 Å². The summed E-state index contributed by atoms with van der Waals surface area (Å²) >= 11 is 0. The highest BCUT2D eigenvalue weighted by Crippen LogP contribution is 2.28. The summed E-state index contributed by atoms with van der Waals surface area (Å²) in [4.78, 5) is 3.54. The molecule has 88 valence electrons. The second-order valence-electron chi connectivity index (χ2n) is 3.74. The average molecular weight is 231 g/mol. The van der Waals surface area contributed by atoms with Crippen molar-refractivity contribution in [2.24, 2.45) is 0 Å². The van der Waals surface area contributed by atoms with Crippen LogP contribution in [0.3, 0.4) is 0 Å². The van der Waals surface area contributed by atoms with Crippen LogP contribution < -0.4 is 10.6 Å². The lowest BCUT2D eigenvalue weighted by Crippen LogP contribution is -2.23. The Morgan fingerprint density at radius 2 is 2.19 bits per heavy atom. The predicted molar refractivity (Wildman–Crippen MR) is 54.1 cm³/mol. The van der Waals surface area contributed by atoms with Crippen molar-refractivity contribution in [2.45, 2.75) is 18.6 Å². The number of pyridine rings is 1. The smallest absolute Gasteiger partial charge is 0.366 e. The van der Waals surface area contributed by atoms with Crippen LogP contribution in [0, 0.1) is 0 Å². The van der Waals surface area contributed by atoms with Gasteiger partial charge in [-0.15, -0.1) is 0 Å². The van der Waals surface area contributed by atoms with Crippen LogP contribution in [0.25, 0.3) is 0 Å². The van der Waals surface area contributed by atoms with Crippen molar-refractivity contribution in [1.82, 2.24) is 10.3 Å². The maximum absolute atomic E-state index is 12.4. The van der Waals surface area contributed by atoms with Gasteiger partial charge in [-0.3, -0.25) is 0 Å². The molecule has 2 N–H and O–H groups in total. The normalized spacial score (nSPS) is 21.1. The minimum atomic E-state index is -4.38. The molecule has 16 heavy (non-hydrogen) atoms. The van der Waals surface area contributed by atoms with Crippen molar-refractivity contribution in [3.63, 3.8) is 0 Å². The zero-order valence-electron chi connectivity index (χ0n) is 8.51. The molecule has 3 nitrogen and oxygen atoms in total. The van der Waals surface area contributed by atoms with Crippen LogP contribution in [0.5, 0.6) is 0 Å². The average Bonchev–Trinajstić information content (AvgIpc) is 2.70. The second kappa shape index (κ2) is 4.29. The first-order valence-corrected chi connectivity index (χ1v) is 5.07. The van der Waals surface area contributed by atoms with Gasteiger partial charge >= 0.3 is 6.18 Å². The van der Waals surface area contributed by atoms with Gasteiger partial charge in [0, 0.05) is 12.6 Å². The molecule has 1 aliphatic heterocycles. The topological polar surface area (TPSA) is 37.0 Å². The van der Waals surface area contributed by atoms with E-state index in [-0.39, 0.29) is 11.9 Å². The van der Waals surface area contributed by atoms with E-state index >= 15 is 0 Å². The summed E-state index contributed by atoms with van der Waals surface area (Å²) in [5.74, 6) is 0.281. The van der Waals surface area contributed by atoms with Gasteiger partial charge in [0.05, 0.1) is 0 Å². The van der Waals surface area contributed by atoms with E-state index in [1.807, 2.05) is 0 Å². The molecule has 1 aromatic heterocycles. The van der Waals surface area contributed by atoms with Crippen LogP contribution in [0.2, 0.25) is 0 Å². The first-order valence-electron chi connectivity index (χ1n) is 5.07. The van der Waals surface area contributed by atoms with Crippen LogP contribution in [0.4, 0.5) is 19.0 Å². The third-order valence-corrected chi connectivity index (χ3v) is 2.45. The molecule has 0 spiro atoms. The largest absolute Gasteiger partial charge is 0.433 e. The number of alkyl halides is 3. The lowest BCUT2D eigenvalue weighted by Gasteiger charge is -2.13. The Labute approximate surface area is 91.1 Å². The molecule has 0 radical (unpaired) electrons. The van der Waals surface area contributed by atoms with E-state index in [9.17, 15) is 13.2 Å². The van der Waals surface area contributed by atoms with E-state index in [2.05, 4.69) is 15.6 Å². The van der Waals surface area contributed by atoms with Gasteiger partial charge in [-0.2, -0.15) is 13.2 Å². The Bertz CT molecular complexity index is 359. The SMILES string of the molecule is FC(F)(F)c1cccc(N[C@@H]2CCNC2)n1. The first-order chi connectivity index (χ1) is 7.55. The Morgan fingerprint density at radius 1 is 1.38 bits per heavy atom. The van der Waals surface area contributed by atoms with Gasteiger partial charge < -0.3 is 10.6 Å². The van der Waals surface area contributed by atoms with Crippen LogP contribution in [-0.2, 0) is 6.18 Å². The highest BCUT2D eigenvalue weighted by molar-refractivity contribution is 5.37. The Balaban J connectivity index is 2.09. The molecule has 2 rings (SSSR count). The number of hydrogen-bond acceptors (Lipinski definition) is 3. The fourth-order valence-electron chi connectivity index (χ4n) is 1.66. The number of aromatic nitrogens is 1. The molecule has 1 aliphatic rings. The fraction of sp³-hybridized carbons (Fsp3) is 0.500. The highest BCUT2D eigenvalue weighted by atomic mass is 19.4. The lowest BCUT2D eigenvalue weighted by molar-refractivity contribution is -0.141. The molecule has 1 aromatic rings. The molecule has 0 saturated carbocycles. The van der Waals surface area contributed by atoms with Crippen LogP contribution >= 0.6 is 0 Å². The molecule has 1 atom stereocenters. The standard InChI is InChI=1S/C10H12F3N3/c11-10(12,13)8-2-1-3-9(16-8)15-7-4-5-14-6-7/h1-3,7,14H,4-6H2,(H,15,16)/t7-/m1/s1. The lowest BCUT2D eigenvalue weighted by atomic mass is 10.2. The Morgan fingerprint density at radius 3 is 2.81 bits per heavy atom. The van der Waals surface area contributed by atoms with Crippen LogP contribution in [0.1, 0.15) is 12.1 Å². The van der Waals surface area contributed by atoms with Gasteiger partial charge in [-0.25, -0.2) is 4.98 Å². The van der Waals surface area contributed by atoms with E-state index in [0.29, 0.717) is 0 Å². The third kappa shape index (κ3) is 2.63. The molecule has 0 unspecified atom stereocenters. The second-order valence-corrected chi connectivity index (χ2v) is 3.74. The summed E-state index contributed by atoms with van der Waals surface area (Å²) in [7, 11) is 0. The Kier molecular flexibility index (Phi) is 3.00. The molecule has 1 fully saturated rings. The van der Waals surface area contributed by atoms with E-state index in [1.54, 1.807) is 6.07 Å². The number of nitrogens with zero attached hydrogens (tertiary/aromatic N) is 1. The maximum atomic E-state index is 12.4. The molecule has 1 saturated heterocycles. The number of hydrogen-bond donors (Lipinski definition) is 2. The van der Waals surface area contributed by atoms with Gasteiger partial charge in [-0.05, 0) is 25.1 Å². The van der Waals surface area contributed by atoms with Crippen molar-refractivity contribution < 1.29 is 13.2 Å².